The zero-order valence-electron chi connectivity index (χ0n) is 15.2. The first kappa shape index (κ1) is 20.8. The lowest BCUT2D eigenvalue weighted by atomic mass is 9.78. The molecule has 26 heavy (non-hydrogen) atoms. The maximum Gasteiger partial charge on any atom is 0.123 e. The summed E-state index contributed by atoms with van der Waals surface area (Å²) in [7, 11) is 0. The lowest BCUT2D eigenvalue weighted by Gasteiger charge is -2.42. The first-order chi connectivity index (χ1) is 12.0. The average Bonchev–Trinajstić information content (AvgIpc) is 2.63. The van der Waals surface area contributed by atoms with E-state index >= 15 is 0 Å². The molecule has 0 amide bonds. The van der Waals surface area contributed by atoms with E-state index in [-0.39, 0.29) is 30.2 Å². The normalized spacial score (nSPS) is 19.7. The van der Waals surface area contributed by atoms with Gasteiger partial charge >= 0.3 is 0 Å². The first-order valence-electron chi connectivity index (χ1n) is 8.89. The molecule has 142 valence electrons. The Balaban J connectivity index is 0.00000243. The molecule has 0 radical (unpaired) electrons. The van der Waals surface area contributed by atoms with E-state index in [1.54, 1.807) is 6.07 Å². The molecule has 1 fully saturated rings. The molecule has 2 aromatic rings. The summed E-state index contributed by atoms with van der Waals surface area (Å²) >= 11 is 0. The van der Waals surface area contributed by atoms with E-state index in [1.807, 2.05) is 44.2 Å². The van der Waals surface area contributed by atoms with E-state index in [1.165, 1.54) is 12.1 Å². The molecular formula is C21H27ClFNO2. The van der Waals surface area contributed by atoms with Gasteiger partial charge in [-0.3, -0.25) is 0 Å². The van der Waals surface area contributed by atoms with Crippen molar-refractivity contribution in [3.8, 4) is 11.1 Å². The lowest BCUT2D eigenvalue weighted by molar-refractivity contribution is -0.141. The second-order valence-corrected chi connectivity index (χ2v) is 7.05. The van der Waals surface area contributed by atoms with E-state index in [0.29, 0.717) is 19.6 Å². The summed E-state index contributed by atoms with van der Waals surface area (Å²) in [5, 5.41) is 14.7. The Morgan fingerprint density at radius 2 is 1.96 bits per heavy atom. The molecule has 3 rings (SSSR count). The number of hydrogen-bond donors (Lipinski definition) is 2. The maximum atomic E-state index is 14.0. The van der Waals surface area contributed by atoms with Gasteiger partial charge in [0.1, 0.15) is 5.82 Å². The largest absolute Gasteiger partial charge is 0.387 e. The van der Waals surface area contributed by atoms with Gasteiger partial charge in [0.05, 0.1) is 18.3 Å². The highest BCUT2D eigenvalue weighted by Crippen LogP contribution is 2.33. The molecule has 1 heterocycles. The molecule has 0 saturated carbocycles. The fourth-order valence-corrected chi connectivity index (χ4v) is 3.49. The number of aliphatic hydroxyl groups is 1. The molecule has 5 heteroatoms. The highest BCUT2D eigenvalue weighted by molar-refractivity contribution is 5.85. The molecular weight excluding hydrogens is 353 g/mol. The van der Waals surface area contributed by atoms with Crippen molar-refractivity contribution in [2.24, 2.45) is 5.92 Å². The van der Waals surface area contributed by atoms with Gasteiger partial charge in [0, 0.05) is 19.5 Å². The lowest BCUT2D eigenvalue weighted by Crippen LogP contribution is -2.57. The molecule has 2 unspecified atom stereocenters. The van der Waals surface area contributed by atoms with E-state index in [2.05, 4.69) is 5.32 Å². The summed E-state index contributed by atoms with van der Waals surface area (Å²) in [5.41, 5.74) is 1.71. The van der Waals surface area contributed by atoms with Gasteiger partial charge in [-0.2, -0.15) is 0 Å². The van der Waals surface area contributed by atoms with Crippen molar-refractivity contribution in [2.75, 3.05) is 19.7 Å². The number of nitrogens with one attached hydrogen (secondary N) is 1. The van der Waals surface area contributed by atoms with Crippen LogP contribution in [0.2, 0.25) is 0 Å². The number of halogens is 2. The van der Waals surface area contributed by atoms with Gasteiger partial charge in [-0.25, -0.2) is 4.39 Å². The minimum atomic E-state index is -1.06. The van der Waals surface area contributed by atoms with Gasteiger partial charge in [0.2, 0.25) is 0 Å². The Labute approximate surface area is 161 Å². The summed E-state index contributed by atoms with van der Waals surface area (Å²) in [6, 6.07) is 14.7. The summed E-state index contributed by atoms with van der Waals surface area (Å²) in [4.78, 5) is 0. The van der Waals surface area contributed by atoms with Crippen LogP contribution in [0.5, 0.6) is 0 Å². The zero-order valence-corrected chi connectivity index (χ0v) is 16.1. The summed E-state index contributed by atoms with van der Waals surface area (Å²) in [5.74, 6) is -0.312. The van der Waals surface area contributed by atoms with Crippen LogP contribution in [0.1, 0.15) is 19.4 Å². The molecule has 0 spiro atoms. The van der Waals surface area contributed by atoms with E-state index in [0.717, 1.165) is 23.2 Å². The van der Waals surface area contributed by atoms with Crippen LogP contribution >= 0.6 is 12.4 Å². The van der Waals surface area contributed by atoms with Crippen molar-refractivity contribution in [1.29, 1.82) is 0 Å². The van der Waals surface area contributed by atoms with Crippen LogP contribution in [0.15, 0.2) is 48.5 Å². The second-order valence-electron chi connectivity index (χ2n) is 7.05. The van der Waals surface area contributed by atoms with Crippen LogP contribution in [0, 0.1) is 11.7 Å². The monoisotopic (exact) mass is 379 g/mol. The molecule has 3 nitrogen and oxygen atoms in total. The summed E-state index contributed by atoms with van der Waals surface area (Å²) in [6.45, 7) is 5.94. The van der Waals surface area contributed by atoms with Crippen molar-refractivity contribution in [3.63, 3.8) is 0 Å². The van der Waals surface area contributed by atoms with Crippen LogP contribution in [-0.4, -0.2) is 36.5 Å². The Morgan fingerprint density at radius 3 is 2.58 bits per heavy atom. The number of benzene rings is 2. The van der Waals surface area contributed by atoms with Crippen LogP contribution < -0.4 is 5.32 Å². The minimum absolute atomic E-state index is 0. The number of ether oxygens (including phenoxy) is 1. The predicted octanol–water partition coefficient (Wildman–Crippen LogP) is 3.83. The Morgan fingerprint density at radius 1 is 1.23 bits per heavy atom. The highest BCUT2D eigenvalue weighted by Gasteiger charge is 2.42. The molecule has 0 aromatic heterocycles. The summed E-state index contributed by atoms with van der Waals surface area (Å²) < 4.78 is 19.8. The van der Waals surface area contributed by atoms with Crippen molar-refractivity contribution < 1.29 is 14.2 Å². The van der Waals surface area contributed by atoms with Gasteiger partial charge in [-0.05, 0) is 34.7 Å². The highest BCUT2D eigenvalue weighted by atomic mass is 35.5. The molecule has 2 atom stereocenters. The molecule has 1 aliphatic rings. The fraction of sp³-hybridized carbons (Fsp3) is 0.429. The van der Waals surface area contributed by atoms with Gasteiger partial charge in [0.25, 0.3) is 0 Å². The zero-order chi connectivity index (χ0) is 17.9. The van der Waals surface area contributed by atoms with Crippen LogP contribution in [-0.2, 0) is 11.2 Å². The molecule has 0 aliphatic carbocycles. The Bertz CT molecular complexity index is 704. The minimum Gasteiger partial charge on any atom is -0.387 e. The number of morpholine rings is 1. The topological polar surface area (TPSA) is 41.5 Å². The Hall–Kier alpha value is -1.46. The number of hydrogen-bond acceptors (Lipinski definition) is 3. The number of rotatable bonds is 5. The fourth-order valence-electron chi connectivity index (χ4n) is 3.49. The van der Waals surface area contributed by atoms with Crippen LogP contribution in [0.4, 0.5) is 4.39 Å². The van der Waals surface area contributed by atoms with Gasteiger partial charge in [-0.1, -0.05) is 50.2 Å². The van der Waals surface area contributed by atoms with E-state index in [4.69, 9.17) is 4.74 Å². The molecule has 2 aromatic carbocycles. The van der Waals surface area contributed by atoms with Crippen molar-refractivity contribution in [3.05, 3.63) is 59.9 Å². The van der Waals surface area contributed by atoms with E-state index < -0.39 is 5.60 Å². The first-order valence-corrected chi connectivity index (χ1v) is 8.89. The van der Waals surface area contributed by atoms with Gasteiger partial charge < -0.3 is 15.2 Å². The third-order valence-electron chi connectivity index (χ3n) is 5.11. The summed E-state index contributed by atoms with van der Waals surface area (Å²) in [6.07, 6.45) is 0.0343. The molecule has 0 bridgehead atoms. The van der Waals surface area contributed by atoms with Gasteiger partial charge in [0.15, 0.2) is 0 Å². The Kier molecular flexibility index (Phi) is 7.18. The molecule has 1 saturated heterocycles. The maximum absolute atomic E-state index is 14.0. The third-order valence-corrected chi connectivity index (χ3v) is 5.11. The predicted molar refractivity (Wildman–Crippen MR) is 105 cm³/mol. The van der Waals surface area contributed by atoms with Gasteiger partial charge in [-0.15, -0.1) is 12.4 Å². The van der Waals surface area contributed by atoms with Crippen molar-refractivity contribution in [1.82, 2.24) is 5.32 Å². The SMILES string of the molecule is CC(C)C(O)(Cc1cc(F)ccc1-c1ccccc1)C1CNCCO1.Cl. The average molecular weight is 380 g/mol. The smallest absolute Gasteiger partial charge is 0.123 e. The van der Waals surface area contributed by atoms with Crippen LogP contribution in [0.3, 0.4) is 0 Å². The standard InChI is InChI=1S/C21H26FNO2.ClH/c1-15(2)21(24,20-14-23-10-11-25-20)13-17-12-18(22)8-9-19(17)16-6-4-3-5-7-16;/h3-9,12,15,20,23-24H,10-11,13-14H2,1-2H3;1H. The quantitative estimate of drug-likeness (QED) is 0.829. The second kappa shape index (κ2) is 8.96. The molecule has 1 aliphatic heterocycles. The van der Waals surface area contributed by atoms with Crippen molar-refractivity contribution in [2.45, 2.75) is 32.0 Å². The molecule has 2 N–H and O–H groups in total. The van der Waals surface area contributed by atoms with Crippen molar-refractivity contribution >= 4 is 12.4 Å². The van der Waals surface area contributed by atoms with E-state index in [9.17, 15) is 9.50 Å². The third kappa shape index (κ3) is 4.44. The van der Waals surface area contributed by atoms with Crippen LogP contribution in [0.25, 0.3) is 11.1 Å².